The van der Waals surface area contributed by atoms with Crippen LogP contribution in [0.4, 0.5) is 0 Å². The van der Waals surface area contributed by atoms with Gasteiger partial charge in [0.25, 0.3) is 0 Å². The van der Waals surface area contributed by atoms with Crippen LogP contribution in [0.15, 0.2) is 30.5 Å². The highest BCUT2D eigenvalue weighted by molar-refractivity contribution is 5.78. The second kappa shape index (κ2) is 2.57. The lowest BCUT2D eigenvalue weighted by atomic mass is 10.2. The van der Waals surface area contributed by atoms with Crippen molar-refractivity contribution in [3.8, 4) is 0 Å². The summed E-state index contributed by atoms with van der Waals surface area (Å²) in [4.78, 5) is 0. The van der Waals surface area contributed by atoms with Crippen LogP contribution in [-0.2, 0) is 0 Å². The standard InChI is InChI=1S/C10H11N3/c1-2-4-10-8(3-1)5-12-13(10)9-6-11-7-9/h1-5,9,11H,6-7H2. The van der Waals surface area contributed by atoms with Gasteiger partial charge >= 0.3 is 0 Å². The van der Waals surface area contributed by atoms with E-state index in [1.165, 1.54) is 10.9 Å². The molecule has 0 atom stereocenters. The van der Waals surface area contributed by atoms with Crippen molar-refractivity contribution in [2.75, 3.05) is 13.1 Å². The maximum absolute atomic E-state index is 4.39. The average Bonchev–Trinajstić information content (AvgIpc) is 2.47. The SMILES string of the molecule is c1ccc2c(c1)cnn2C1CNC1. The number of aromatic nitrogens is 2. The van der Waals surface area contributed by atoms with E-state index >= 15 is 0 Å². The van der Waals surface area contributed by atoms with E-state index in [9.17, 15) is 0 Å². The summed E-state index contributed by atoms with van der Waals surface area (Å²) >= 11 is 0. The maximum atomic E-state index is 4.39. The molecule has 13 heavy (non-hydrogen) atoms. The van der Waals surface area contributed by atoms with Crippen LogP contribution in [0.5, 0.6) is 0 Å². The minimum atomic E-state index is 0.555. The molecule has 0 bridgehead atoms. The smallest absolute Gasteiger partial charge is 0.0774 e. The molecule has 66 valence electrons. The number of nitrogens with one attached hydrogen (secondary N) is 1. The summed E-state index contributed by atoms with van der Waals surface area (Å²) in [6.07, 6.45) is 1.94. The summed E-state index contributed by atoms with van der Waals surface area (Å²) in [7, 11) is 0. The zero-order valence-electron chi connectivity index (χ0n) is 7.27. The van der Waals surface area contributed by atoms with Gasteiger partial charge in [-0.1, -0.05) is 18.2 Å². The van der Waals surface area contributed by atoms with Crippen LogP contribution in [0.2, 0.25) is 0 Å². The lowest BCUT2D eigenvalue weighted by molar-refractivity contribution is 0.326. The molecule has 0 radical (unpaired) electrons. The van der Waals surface area contributed by atoms with Crippen molar-refractivity contribution in [3.63, 3.8) is 0 Å². The zero-order valence-corrected chi connectivity index (χ0v) is 7.27. The first-order chi connectivity index (χ1) is 6.45. The van der Waals surface area contributed by atoms with Crippen LogP contribution in [0.1, 0.15) is 6.04 Å². The first kappa shape index (κ1) is 7.09. The highest BCUT2D eigenvalue weighted by atomic mass is 15.3. The Morgan fingerprint density at radius 3 is 2.92 bits per heavy atom. The molecule has 0 unspecified atom stereocenters. The largest absolute Gasteiger partial charge is 0.312 e. The molecule has 1 saturated heterocycles. The predicted octanol–water partition coefficient (Wildman–Crippen LogP) is 1.18. The fourth-order valence-corrected chi connectivity index (χ4v) is 1.73. The van der Waals surface area contributed by atoms with Gasteiger partial charge in [-0.25, -0.2) is 0 Å². The van der Waals surface area contributed by atoms with Crippen molar-refractivity contribution in [2.24, 2.45) is 0 Å². The molecule has 1 fully saturated rings. The minimum absolute atomic E-state index is 0.555. The highest BCUT2D eigenvalue weighted by Gasteiger charge is 2.20. The van der Waals surface area contributed by atoms with E-state index in [1.54, 1.807) is 0 Å². The first-order valence-corrected chi connectivity index (χ1v) is 4.58. The Hall–Kier alpha value is -1.35. The van der Waals surface area contributed by atoms with Crippen LogP contribution < -0.4 is 5.32 Å². The van der Waals surface area contributed by atoms with Gasteiger partial charge in [-0.3, -0.25) is 4.68 Å². The fourth-order valence-electron chi connectivity index (χ4n) is 1.73. The Kier molecular flexibility index (Phi) is 1.40. The lowest BCUT2D eigenvalue weighted by Crippen LogP contribution is -2.43. The second-order valence-corrected chi connectivity index (χ2v) is 3.46. The van der Waals surface area contributed by atoms with Gasteiger partial charge in [0, 0.05) is 18.5 Å². The molecule has 2 heterocycles. The monoisotopic (exact) mass is 173 g/mol. The molecular weight excluding hydrogens is 162 g/mol. The van der Waals surface area contributed by atoms with Crippen LogP contribution >= 0.6 is 0 Å². The third-order valence-corrected chi connectivity index (χ3v) is 2.61. The Balaban J connectivity index is 2.17. The van der Waals surface area contributed by atoms with Crippen molar-refractivity contribution >= 4 is 10.9 Å². The molecule has 1 aromatic heterocycles. The van der Waals surface area contributed by atoms with Crippen molar-refractivity contribution < 1.29 is 0 Å². The topological polar surface area (TPSA) is 29.9 Å². The third-order valence-electron chi connectivity index (χ3n) is 2.61. The number of hydrogen-bond donors (Lipinski definition) is 1. The van der Waals surface area contributed by atoms with E-state index in [-0.39, 0.29) is 0 Å². The van der Waals surface area contributed by atoms with E-state index in [4.69, 9.17) is 0 Å². The number of benzene rings is 1. The first-order valence-electron chi connectivity index (χ1n) is 4.58. The molecule has 1 aromatic carbocycles. The third kappa shape index (κ3) is 0.971. The van der Waals surface area contributed by atoms with Gasteiger partial charge < -0.3 is 5.32 Å². The van der Waals surface area contributed by atoms with Crippen LogP contribution in [0.3, 0.4) is 0 Å². The summed E-state index contributed by atoms with van der Waals surface area (Å²) in [5.74, 6) is 0. The number of para-hydroxylation sites is 1. The van der Waals surface area contributed by atoms with Crippen molar-refractivity contribution in [1.29, 1.82) is 0 Å². The molecule has 0 amide bonds. The van der Waals surface area contributed by atoms with Gasteiger partial charge in [-0.05, 0) is 6.07 Å². The molecule has 0 aliphatic carbocycles. The molecule has 2 aromatic rings. The second-order valence-electron chi connectivity index (χ2n) is 3.46. The number of rotatable bonds is 1. The zero-order chi connectivity index (χ0) is 8.67. The molecule has 3 heteroatoms. The molecule has 0 spiro atoms. The van der Waals surface area contributed by atoms with Crippen LogP contribution in [0, 0.1) is 0 Å². The van der Waals surface area contributed by atoms with Gasteiger partial charge in [0.15, 0.2) is 0 Å². The number of nitrogens with zero attached hydrogens (tertiary/aromatic N) is 2. The van der Waals surface area contributed by atoms with E-state index < -0.39 is 0 Å². The maximum Gasteiger partial charge on any atom is 0.0774 e. The molecule has 1 N–H and O–H groups in total. The van der Waals surface area contributed by atoms with Gasteiger partial charge in [0.1, 0.15) is 0 Å². The fraction of sp³-hybridized carbons (Fsp3) is 0.300. The van der Waals surface area contributed by atoms with Crippen molar-refractivity contribution in [3.05, 3.63) is 30.5 Å². The van der Waals surface area contributed by atoms with Gasteiger partial charge in [-0.2, -0.15) is 5.10 Å². The summed E-state index contributed by atoms with van der Waals surface area (Å²) < 4.78 is 2.12. The number of hydrogen-bond acceptors (Lipinski definition) is 2. The van der Waals surface area contributed by atoms with Crippen LogP contribution in [-0.4, -0.2) is 22.9 Å². The van der Waals surface area contributed by atoms with Crippen molar-refractivity contribution in [2.45, 2.75) is 6.04 Å². The Morgan fingerprint density at radius 1 is 1.31 bits per heavy atom. The van der Waals surface area contributed by atoms with Crippen molar-refractivity contribution in [1.82, 2.24) is 15.1 Å². The molecule has 1 aliphatic heterocycles. The molecule has 0 saturated carbocycles. The van der Waals surface area contributed by atoms with E-state index in [0.717, 1.165) is 13.1 Å². The van der Waals surface area contributed by atoms with Gasteiger partial charge in [0.2, 0.25) is 0 Å². The van der Waals surface area contributed by atoms with E-state index in [0.29, 0.717) is 6.04 Å². The normalized spacial score (nSPS) is 17.5. The number of fused-ring (bicyclic) bond motifs is 1. The van der Waals surface area contributed by atoms with E-state index in [1.807, 2.05) is 12.3 Å². The summed E-state index contributed by atoms with van der Waals surface area (Å²) in [6.45, 7) is 2.09. The Bertz CT molecular complexity index is 428. The van der Waals surface area contributed by atoms with Gasteiger partial charge in [-0.15, -0.1) is 0 Å². The minimum Gasteiger partial charge on any atom is -0.312 e. The lowest BCUT2D eigenvalue weighted by Gasteiger charge is -2.27. The Morgan fingerprint density at radius 2 is 2.15 bits per heavy atom. The summed E-state index contributed by atoms with van der Waals surface area (Å²) in [5.41, 5.74) is 1.24. The van der Waals surface area contributed by atoms with E-state index in [2.05, 4.69) is 33.3 Å². The molecule has 1 aliphatic rings. The predicted molar refractivity (Wildman–Crippen MR) is 51.6 cm³/mol. The Labute approximate surface area is 76.4 Å². The highest BCUT2D eigenvalue weighted by Crippen LogP contribution is 2.19. The molecule has 3 nitrogen and oxygen atoms in total. The molecule has 3 rings (SSSR count). The quantitative estimate of drug-likeness (QED) is 0.701. The van der Waals surface area contributed by atoms with Gasteiger partial charge in [0.05, 0.1) is 17.8 Å². The molecular formula is C10H11N3. The summed E-state index contributed by atoms with van der Waals surface area (Å²) in [5, 5.41) is 8.88. The average molecular weight is 173 g/mol. The summed E-state index contributed by atoms with van der Waals surface area (Å²) in [6, 6.07) is 8.89. The van der Waals surface area contributed by atoms with Crippen LogP contribution in [0.25, 0.3) is 10.9 Å².